The van der Waals surface area contributed by atoms with Gasteiger partial charge in [-0.2, -0.15) is 4.57 Å². The third kappa shape index (κ3) is 2.68. The van der Waals surface area contributed by atoms with Gasteiger partial charge in [-0.05, 0) is 36.4 Å². The Hall–Kier alpha value is -2.40. The number of pyridine rings is 1. The summed E-state index contributed by atoms with van der Waals surface area (Å²) in [4.78, 5) is 15.1. The Morgan fingerprint density at radius 2 is 1.84 bits per heavy atom. The fourth-order valence-electron chi connectivity index (χ4n) is 3.56. The number of carbonyl (C=O) groups excluding carboxylic acids is 1. The molecule has 2 aromatic heterocycles. The van der Waals surface area contributed by atoms with Gasteiger partial charge in [0.2, 0.25) is 6.54 Å². The van der Waals surface area contributed by atoms with Crippen LogP contribution < -0.4 is 21.5 Å². The van der Waals surface area contributed by atoms with Crippen molar-refractivity contribution in [2.75, 3.05) is 7.11 Å². The summed E-state index contributed by atoms with van der Waals surface area (Å²) < 4.78 is 6.65. The molecule has 25 heavy (non-hydrogen) atoms. The van der Waals surface area contributed by atoms with Crippen molar-refractivity contribution in [1.29, 1.82) is 0 Å². The van der Waals surface area contributed by atoms with Crippen molar-refractivity contribution < 1.29 is 31.1 Å². The Morgan fingerprint density at radius 1 is 1.08 bits per heavy atom. The molecular weight excluding hydrogens is 380 g/mol. The van der Waals surface area contributed by atoms with Crippen molar-refractivity contribution >= 4 is 38.5 Å². The van der Waals surface area contributed by atoms with Crippen LogP contribution in [0.25, 0.3) is 32.6 Å². The summed E-state index contributed by atoms with van der Waals surface area (Å²) in [7, 11) is 1.41. The molecule has 4 rings (SSSR count). The zero-order chi connectivity index (χ0) is 16.8. The second-order valence-electron chi connectivity index (χ2n) is 6.19. The summed E-state index contributed by atoms with van der Waals surface area (Å²) in [5, 5.41) is 4.86. The molecule has 0 radical (unpaired) electrons. The van der Waals surface area contributed by atoms with E-state index in [1.54, 1.807) is 0 Å². The van der Waals surface area contributed by atoms with Crippen LogP contribution in [0.3, 0.4) is 0 Å². The number of nitrogens with one attached hydrogen (secondary N) is 1. The number of halogens is 1. The normalized spacial score (nSPS) is 11.0. The Bertz CT molecular complexity index is 1120. The van der Waals surface area contributed by atoms with Gasteiger partial charge in [0.05, 0.1) is 12.6 Å². The predicted octanol–water partition coefficient (Wildman–Crippen LogP) is 0.556. The lowest BCUT2D eigenvalue weighted by atomic mass is 9.97. The van der Waals surface area contributed by atoms with E-state index in [1.807, 2.05) is 23.0 Å². The van der Waals surface area contributed by atoms with E-state index in [9.17, 15) is 4.79 Å². The number of fused-ring (bicyclic) bond motifs is 4. The number of benzene rings is 2. The standard InChI is InChI=1S/C20H18N2O2.BrH/c1-12-16-10-22(11-18(23)24-3)9-8-14(16)13(2)20-19(12)15-6-4-5-7-17(15)21-20;/h4-10H,11H2,1-3H3;1H. The number of nitrogens with zero attached hydrogens (tertiary/aromatic N) is 1. The third-order valence-corrected chi connectivity index (χ3v) is 4.82. The highest BCUT2D eigenvalue weighted by Crippen LogP contribution is 2.35. The summed E-state index contributed by atoms with van der Waals surface area (Å²) in [5.74, 6) is -0.248. The van der Waals surface area contributed by atoms with Crippen molar-refractivity contribution in [3.63, 3.8) is 0 Å². The highest BCUT2D eigenvalue weighted by Gasteiger charge is 2.17. The number of hydrogen-bond donors (Lipinski definition) is 1. The van der Waals surface area contributed by atoms with Gasteiger partial charge in [-0.1, -0.05) is 18.2 Å². The molecule has 0 bridgehead atoms. The molecule has 2 aromatic carbocycles. The van der Waals surface area contributed by atoms with E-state index in [1.165, 1.54) is 39.9 Å². The molecule has 0 saturated carbocycles. The highest BCUT2D eigenvalue weighted by molar-refractivity contribution is 6.16. The van der Waals surface area contributed by atoms with Crippen LogP contribution >= 0.6 is 0 Å². The number of aromatic amines is 1. The van der Waals surface area contributed by atoms with Crippen LogP contribution in [0.2, 0.25) is 0 Å². The lowest BCUT2D eigenvalue weighted by Gasteiger charge is -2.08. The van der Waals surface area contributed by atoms with Crippen molar-refractivity contribution in [1.82, 2.24) is 4.98 Å². The van der Waals surface area contributed by atoms with Crippen LogP contribution in [0.4, 0.5) is 0 Å². The van der Waals surface area contributed by atoms with Gasteiger partial charge in [0.15, 0.2) is 12.4 Å². The molecule has 4 nitrogen and oxygen atoms in total. The summed E-state index contributed by atoms with van der Waals surface area (Å²) in [6, 6.07) is 10.4. The van der Waals surface area contributed by atoms with Crippen LogP contribution in [-0.2, 0) is 16.1 Å². The molecular formula is C20H19BrN2O2. The molecule has 1 N–H and O–H groups in total. The fourth-order valence-corrected chi connectivity index (χ4v) is 3.56. The topological polar surface area (TPSA) is 46.0 Å². The minimum absolute atomic E-state index is 0. The molecule has 0 aliphatic rings. The van der Waals surface area contributed by atoms with Gasteiger partial charge in [0.25, 0.3) is 0 Å². The molecule has 0 atom stereocenters. The first-order valence-electron chi connectivity index (χ1n) is 7.99. The van der Waals surface area contributed by atoms with Gasteiger partial charge in [-0.3, -0.25) is 0 Å². The molecule has 0 amide bonds. The number of rotatable bonds is 2. The van der Waals surface area contributed by atoms with Gasteiger partial charge in [0.1, 0.15) is 0 Å². The Balaban J connectivity index is 0.00000182. The Kier molecular flexibility index (Phi) is 4.52. The van der Waals surface area contributed by atoms with Gasteiger partial charge in [-0.25, -0.2) is 4.79 Å². The molecule has 0 spiro atoms. The summed E-state index contributed by atoms with van der Waals surface area (Å²) in [6.45, 7) is 4.51. The highest BCUT2D eigenvalue weighted by atomic mass is 79.9. The number of hydrogen-bond acceptors (Lipinski definition) is 2. The largest absolute Gasteiger partial charge is 1.00 e. The minimum atomic E-state index is -0.248. The first-order chi connectivity index (χ1) is 11.6. The molecule has 4 aromatic rings. The van der Waals surface area contributed by atoms with E-state index >= 15 is 0 Å². The van der Waals surface area contributed by atoms with E-state index in [0.717, 1.165) is 10.9 Å². The van der Waals surface area contributed by atoms with E-state index in [2.05, 4.69) is 43.1 Å². The van der Waals surface area contributed by atoms with E-state index in [0.29, 0.717) is 0 Å². The van der Waals surface area contributed by atoms with Crippen molar-refractivity contribution in [3.05, 3.63) is 53.9 Å². The lowest BCUT2D eigenvalue weighted by molar-refractivity contribution is -0.684. The number of H-pyrrole nitrogens is 1. The number of para-hydroxylation sites is 1. The van der Waals surface area contributed by atoms with Crippen molar-refractivity contribution in [3.8, 4) is 0 Å². The molecule has 128 valence electrons. The maximum atomic E-state index is 11.6. The van der Waals surface area contributed by atoms with Gasteiger partial charge in [-0.15, -0.1) is 0 Å². The maximum absolute atomic E-state index is 11.6. The SMILES string of the molecule is COC(=O)C[n+]1ccc2c(C)c3[nH]c4ccccc4c3c(C)c2c1.[Br-]. The monoisotopic (exact) mass is 398 g/mol. The van der Waals surface area contributed by atoms with Crippen molar-refractivity contribution in [2.45, 2.75) is 20.4 Å². The fraction of sp³-hybridized carbons (Fsp3) is 0.200. The summed E-state index contributed by atoms with van der Waals surface area (Å²) in [5.41, 5.74) is 4.79. The Labute approximate surface area is 156 Å². The van der Waals surface area contributed by atoms with Gasteiger partial charge >= 0.3 is 5.97 Å². The molecule has 0 fully saturated rings. The molecule has 0 unspecified atom stereocenters. The van der Waals surface area contributed by atoms with Crippen LogP contribution in [0.15, 0.2) is 42.7 Å². The van der Waals surface area contributed by atoms with E-state index < -0.39 is 0 Å². The zero-order valence-electron chi connectivity index (χ0n) is 14.4. The molecule has 2 heterocycles. The molecule has 0 saturated heterocycles. The van der Waals surface area contributed by atoms with Crippen LogP contribution in [0.1, 0.15) is 11.1 Å². The Morgan fingerprint density at radius 3 is 2.60 bits per heavy atom. The second kappa shape index (κ2) is 6.48. The number of aromatic nitrogens is 2. The summed E-state index contributed by atoms with van der Waals surface area (Å²) in [6.07, 6.45) is 3.97. The minimum Gasteiger partial charge on any atom is -1.00 e. The number of esters is 1. The van der Waals surface area contributed by atoms with Crippen LogP contribution in [0, 0.1) is 13.8 Å². The first kappa shape index (κ1) is 17.4. The average Bonchev–Trinajstić information content (AvgIpc) is 2.99. The number of carbonyl (C=O) groups is 1. The molecule has 5 heteroatoms. The predicted molar refractivity (Wildman–Crippen MR) is 95.0 cm³/mol. The van der Waals surface area contributed by atoms with Crippen LogP contribution in [0.5, 0.6) is 0 Å². The maximum Gasteiger partial charge on any atom is 0.372 e. The van der Waals surface area contributed by atoms with Crippen LogP contribution in [-0.4, -0.2) is 18.1 Å². The second-order valence-corrected chi connectivity index (χ2v) is 6.19. The third-order valence-electron chi connectivity index (χ3n) is 4.82. The zero-order valence-corrected chi connectivity index (χ0v) is 16.0. The van der Waals surface area contributed by atoms with Gasteiger partial charge < -0.3 is 26.7 Å². The lowest BCUT2D eigenvalue weighted by Crippen LogP contribution is -3.00. The molecule has 0 aliphatic carbocycles. The smallest absolute Gasteiger partial charge is 0.372 e. The number of methoxy groups -OCH3 is 1. The van der Waals surface area contributed by atoms with Crippen molar-refractivity contribution in [2.24, 2.45) is 0 Å². The number of aryl methyl sites for hydroxylation is 2. The number of ether oxygens (including phenoxy) is 1. The summed E-state index contributed by atoms with van der Waals surface area (Å²) >= 11 is 0. The van der Waals surface area contributed by atoms with E-state index in [-0.39, 0.29) is 29.5 Å². The van der Waals surface area contributed by atoms with Gasteiger partial charge in [0, 0.05) is 27.7 Å². The quantitative estimate of drug-likeness (QED) is 0.396. The van der Waals surface area contributed by atoms with E-state index in [4.69, 9.17) is 4.74 Å². The molecule has 0 aliphatic heterocycles. The first-order valence-corrected chi connectivity index (χ1v) is 7.99. The average molecular weight is 399 g/mol.